The molecule has 1 aliphatic heterocycles. The third kappa shape index (κ3) is 3.24. The number of para-hydroxylation sites is 3. The first-order chi connectivity index (χ1) is 23.8. The average molecular weight is 629 g/mol. The van der Waals surface area contributed by atoms with Gasteiger partial charge in [0.2, 0.25) is 0 Å². The summed E-state index contributed by atoms with van der Waals surface area (Å²) in [5.74, 6) is 0. The van der Waals surface area contributed by atoms with Crippen LogP contribution >= 0.6 is 11.8 Å². The topological polar surface area (TPSA) is 9.86 Å². The Balaban J connectivity index is 1.21. The van der Waals surface area contributed by atoms with E-state index >= 15 is 0 Å². The van der Waals surface area contributed by atoms with E-state index in [0.717, 1.165) is 5.69 Å². The molecule has 0 bridgehead atoms. The number of hydrogen-bond donors (Lipinski definition) is 0. The maximum atomic E-state index is 2.51. The van der Waals surface area contributed by atoms with Gasteiger partial charge in [0.1, 0.15) is 5.65 Å². The standard InChI is InChI=1S/C45H28N2S/c1-2-13-29(14-3-1)45(36-19-7-4-15-32(36)33-16-5-8-20-37(33)45)30-25-27-31(28-26-30)46-38-21-9-6-17-34(38)42-35-18-12-24-41-43(35)47(44(42)46)39-22-10-11-23-40(39)48-41/h1-28H. The Kier molecular flexibility index (Phi) is 5.28. The van der Waals surface area contributed by atoms with Gasteiger partial charge in [-0.25, -0.2) is 0 Å². The zero-order valence-electron chi connectivity index (χ0n) is 26.0. The van der Waals surface area contributed by atoms with Gasteiger partial charge in [-0.2, -0.15) is 0 Å². The Morgan fingerprint density at radius 3 is 1.83 bits per heavy atom. The highest BCUT2D eigenvalue weighted by atomic mass is 32.2. The molecule has 0 amide bonds. The van der Waals surface area contributed by atoms with Crippen LogP contribution in [0.15, 0.2) is 180 Å². The predicted molar refractivity (Wildman–Crippen MR) is 199 cm³/mol. The van der Waals surface area contributed by atoms with Crippen molar-refractivity contribution in [2.45, 2.75) is 15.2 Å². The minimum atomic E-state index is -0.415. The molecular weight excluding hydrogens is 601 g/mol. The Morgan fingerprint density at radius 2 is 1.04 bits per heavy atom. The fourth-order valence-electron chi connectivity index (χ4n) is 8.76. The van der Waals surface area contributed by atoms with Crippen molar-refractivity contribution < 1.29 is 0 Å². The van der Waals surface area contributed by atoms with E-state index in [1.807, 2.05) is 11.8 Å². The van der Waals surface area contributed by atoms with Crippen LogP contribution < -0.4 is 0 Å². The number of fused-ring (bicyclic) bond motifs is 10. The molecule has 2 aromatic heterocycles. The van der Waals surface area contributed by atoms with Crippen LogP contribution in [0, 0.1) is 0 Å². The largest absolute Gasteiger partial charge is 0.295 e. The monoisotopic (exact) mass is 628 g/mol. The number of hydrogen-bond acceptors (Lipinski definition) is 1. The molecule has 2 nitrogen and oxygen atoms in total. The maximum absolute atomic E-state index is 2.51. The zero-order valence-corrected chi connectivity index (χ0v) is 26.8. The molecule has 0 spiro atoms. The van der Waals surface area contributed by atoms with E-state index in [4.69, 9.17) is 0 Å². The van der Waals surface area contributed by atoms with Gasteiger partial charge in [-0.3, -0.25) is 9.13 Å². The molecule has 0 saturated carbocycles. The highest BCUT2D eigenvalue weighted by molar-refractivity contribution is 7.99. The summed E-state index contributed by atoms with van der Waals surface area (Å²) < 4.78 is 4.99. The van der Waals surface area contributed by atoms with Gasteiger partial charge in [0.05, 0.1) is 22.1 Å². The average Bonchev–Trinajstić information content (AvgIpc) is 3.78. The van der Waals surface area contributed by atoms with Crippen LogP contribution in [0.4, 0.5) is 0 Å². The normalized spacial score (nSPS) is 13.9. The summed E-state index contributed by atoms with van der Waals surface area (Å²) in [5, 5.41) is 3.89. The third-order valence-electron chi connectivity index (χ3n) is 10.6. The lowest BCUT2D eigenvalue weighted by molar-refractivity contribution is 0.768. The van der Waals surface area contributed by atoms with Crippen molar-refractivity contribution in [3.63, 3.8) is 0 Å². The van der Waals surface area contributed by atoms with Gasteiger partial charge in [0.25, 0.3) is 0 Å². The van der Waals surface area contributed by atoms with Crippen LogP contribution in [0.5, 0.6) is 0 Å². The molecule has 0 radical (unpaired) electrons. The van der Waals surface area contributed by atoms with E-state index in [9.17, 15) is 0 Å². The molecule has 1 aliphatic carbocycles. The summed E-state index contributed by atoms with van der Waals surface area (Å²) in [6.45, 7) is 0. The van der Waals surface area contributed by atoms with E-state index in [2.05, 4.69) is 179 Å². The zero-order chi connectivity index (χ0) is 31.4. The fraction of sp³-hybridized carbons (Fsp3) is 0.0222. The van der Waals surface area contributed by atoms with Crippen LogP contribution in [-0.4, -0.2) is 9.13 Å². The molecule has 224 valence electrons. The molecule has 2 aliphatic rings. The number of aromatic nitrogens is 2. The van der Waals surface area contributed by atoms with Gasteiger partial charge in [-0.05, 0) is 69.8 Å². The Morgan fingerprint density at radius 1 is 0.438 bits per heavy atom. The molecule has 9 aromatic rings. The number of benzene rings is 7. The second kappa shape index (κ2) is 9.63. The lowest BCUT2D eigenvalue weighted by Gasteiger charge is -2.34. The molecule has 0 unspecified atom stereocenters. The van der Waals surface area contributed by atoms with Crippen LogP contribution in [0.1, 0.15) is 22.3 Å². The summed E-state index contributed by atoms with van der Waals surface area (Å²) in [7, 11) is 0. The molecule has 3 heteroatoms. The van der Waals surface area contributed by atoms with Crippen molar-refractivity contribution in [3.05, 3.63) is 192 Å². The van der Waals surface area contributed by atoms with Gasteiger partial charge in [0.15, 0.2) is 0 Å². The van der Waals surface area contributed by atoms with Crippen LogP contribution in [0.2, 0.25) is 0 Å². The van der Waals surface area contributed by atoms with Gasteiger partial charge < -0.3 is 0 Å². The highest BCUT2D eigenvalue weighted by Crippen LogP contribution is 2.56. The molecular formula is C45H28N2S. The van der Waals surface area contributed by atoms with Crippen LogP contribution in [0.25, 0.3) is 55.3 Å². The van der Waals surface area contributed by atoms with E-state index < -0.39 is 5.41 Å². The van der Waals surface area contributed by atoms with Gasteiger partial charge in [-0.1, -0.05) is 145 Å². The molecule has 48 heavy (non-hydrogen) atoms. The second-order valence-electron chi connectivity index (χ2n) is 12.9. The molecule has 3 heterocycles. The Hall–Kier alpha value is -5.77. The molecule has 7 aromatic carbocycles. The summed E-state index contributed by atoms with van der Waals surface area (Å²) >= 11 is 1.87. The highest BCUT2D eigenvalue weighted by Gasteiger charge is 2.45. The van der Waals surface area contributed by atoms with Gasteiger partial charge in [-0.15, -0.1) is 0 Å². The first-order valence-electron chi connectivity index (χ1n) is 16.5. The van der Waals surface area contributed by atoms with E-state index in [1.165, 1.54) is 81.7 Å². The van der Waals surface area contributed by atoms with Crippen molar-refractivity contribution in [2.75, 3.05) is 0 Å². The minimum absolute atomic E-state index is 0.415. The maximum Gasteiger partial charge on any atom is 0.131 e. The quantitative estimate of drug-likeness (QED) is 0.189. The van der Waals surface area contributed by atoms with Crippen molar-refractivity contribution >= 4 is 44.6 Å². The summed E-state index contributed by atoms with van der Waals surface area (Å²) in [6, 6.07) is 62.8. The third-order valence-corrected chi connectivity index (χ3v) is 11.7. The van der Waals surface area contributed by atoms with Crippen molar-refractivity contribution in [3.8, 4) is 22.5 Å². The predicted octanol–water partition coefficient (Wildman–Crippen LogP) is 11.6. The van der Waals surface area contributed by atoms with E-state index in [0.29, 0.717) is 0 Å². The van der Waals surface area contributed by atoms with Crippen LogP contribution in [0.3, 0.4) is 0 Å². The molecule has 0 saturated heterocycles. The van der Waals surface area contributed by atoms with E-state index in [-0.39, 0.29) is 0 Å². The van der Waals surface area contributed by atoms with Crippen LogP contribution in [-0.2, 0) is 5.41 Å². The van der Waals surface area contributed by atoms with Gasteiger partial charge >= 0.3 is 0 Å². The molecule has 0 atom stereocenters. The minimum Gasteiger partial charge on any atom is -0.295 e. The molecule has 11 rings (SSSR count). The summed E-state index contributed by atoms with van der Waals surface area (Å²) in [4.78, 5) is 2.59. The summed E-state index contributed by atoms with van der Waals surface area (Å²) in [5.41, 5.74) is 13.6. The smallest absolute Gasteiger partial charge is 0.131 e. The lowest BCUT2D eigenvalue weighted by atomic mass is 9.68. The first kappa shape index (κ1) is 26.3. The first-order valence-corrected chi connectivity index (χ1v) is 17.4. The van der Waals surface area contributed by atoms with E-state index in [1.54, 1.807) is 0 Å². The lowest BCUT2D eigenvalue weighted by Crippen LogP contribution is -2.28. The van der Waals surface area contributed by atoms with Crippen molar-refractivity contribution in [1.29, 1.82) is 0 Å². The Labute approximate surface area is 282 Å². The fourth-order valence-corrected chi connectivity index (χ4v) is 9.85. The second-order valence-corrected chi connectivity index (χ2v) is 13.9. The number of rotatable bonds is 3. The molecule has 0 N–H and O–H groups in total. The van der Waals surface area contributed by atoms with Crippen molar-refractivity contribution in [1.82, 2.24) is 9.13 Å². The molecule has 0 fully saturated rings. The SMILES string of the molecule is c1ccc(C2(c3ccc(-n4c5ccccc5c5c6cccc7c6n(c54)-c4ccccc4S7)cc3)c3ccccc3-c3ccccc32)cc1. The summed E-state index contributed by atoms with van der Waals surface area (Å²) in [6.07, 6.45) is 0. The van der Waals surface area contributed by atoms with Crippen molar-refractivity contribution in [2.24, 2.45) is 0 Å². The van der Waals surface area contributed by atoms with Gasteiger partial charge in [0, 0.05) is 31.6 Å². The Bertz CT molecular complexity index is 2700. The number of nitrogens with zero attached hydrogens (tertiary/aromatic N) is 2.